The maximum atomic E-state index is 13.1. The standard InChI is InChI=1S/C22H20BrN3O3S/c1-28-16-6-4-15(5-7-16)25-12-26-21(27)10-17(19(11-24)22(26)30-13-25)18-9-14(23)3-8-20(18)29-2/h3-9,17H,10,12-13H2,1-2H3/t17-/m1/s1. The molecule has 4 rings (SSSR count). The van der Waals surface area contributed by atoms with Crippen LogP contribution in [0.2, 0.25) is 0 Å². The van der Waals surface area contributed by atoms with Gasteiger partial charge in [-0.15, -0.1) is 0 Å². The van der Waals surface area contributed by atoms with Gasteiger partial charge in [0.1, 0.15) is 11.5 Å². The molecule has 0 spiro atoms. The van der Waals surface area contributed by atoms with Crippen LogP contribution in [0.15, 0.2) is 57.5 Å². The van der Waals surface area contributed by atoms with E-state index in [-0.39, 0.29) is 18.2 Å². The van der Waals surface area contributed by atoms with Crippen molar-refractivity contribution < 1.29 is 14.3 Å². The van der Waals surface area contributed by atoms with Crippen molar-refractivity contribution in [2.75, 3.05) is 31.7 Å². The third-order valence-electron chi connectivity index (χ3n) is 5.30. The fourth-order valence-electron chi connectivity index (χ4n) is 3.76. The van der Waals surface area contributed by atoms with Crippen LogP contribution < -0.4 is 14.4 Å². The third kappa shape index (κ3) is 3.75. The van der Waals surface area contributed by atoms with Crippen LogP contribution >= 0.6 is 27.7 Å². The van der Waals surface area contributed by atoms with Crippen molar-refractivity contribution in [3.63, 3.8) is 0 Å². The van der Waals surface area contributed by atoms with E-state index in [0.717, 1.165) is 26.5 Å². The molecular formula is C22H20BrN3O3S. The van der Waals surface area contributed by atoms with Crippen LogP contribution in [0, 0.1) is 11.3 Å². The molecule has 30 heavy (non-hydrogen) atoms. The molecule has 0 aromatic heterocycles. The summed E-state index contributed by atoms with van der Waals surface area (Å²) in [7, 11) is 3.24. The first-order chi connectivity index (χ1) is 14.5. The molecule has 0 bridgehead atoms. The van der Waals surface area contributed by atoms with Crippen molar-refractivity contribution in [2.24, 2.45) is 0 Å². The number of carbonyl (C=O) groups is 1. The number of ether oxygens (including phenoxy) is 2. The first kappa shape index (κ1) is 20.6. The molecule has 1 amide bonds. The van der Waals surface area contributed by atoms with Gasteiger partial charge in [-0.3, -0.25) is 9.69 Å². The Morgan fingerprint density at radius 3 is 2.60 bits per heavy atom. The lowest BCUT2D eigenvalue weighted by Crippen LogP contribution is -2.47. The molecule has 8 heteroatoms. The van der Waals surface area contributed by atoms with Crippen molar-refractivity contribution in [3.05, 3.63) is 63.1 Å². The Bertz CT molecular complexity index is 1050. The molecule has 0 aliphatic carbocycles. The van der Waals surface area contributed by atoms with E-state index >= 15 is 0 Å². The minimum absolute atomic E-state index is 0.00161. The van der Waals surface area contributed by atoms with Crippen molar-refractivity contribution >= 4 is 39.3 Å². The Labute approximate surface area is 188 Å². The van der Waals surface area contributed by atoms with Crippen molar-refractivity contribution in [2.45, 2.75) is 12.3 Å². The summed E-state index contributed by atoms with van der Waals surface area (Å²) in [6, 6.07) is 15.8. The van der Waals surface area contributed by atoms with E-state index in [0.29, 0.717) is 23.9 Å². The summed E-state index contributed by atoms with van der Waals surface area (Å²) in [6.45, 7) is 0.418. The molecule has 6 nitrogen and oxygen atoms in total. The molecular weight excluding hydrogens is 466 g/mol. The number of benzene rings is 2. The second-order valence-electron chi connectivity index (χ2n) is 6.95. The van der Waals surface area contributed by atoms with Gasteiger partial charge < -0.3 is 14.4 Å². The molecule has 0 N–H and O–H groups in total. The van der Waals surface area contributed by atoms with E-state index in [9.17, 15) is 10.1 Å². The normalized spacial score (nSPS) is 18.7. The van der Waals surface area contributed by atoms with Crippen LogP contribution in [-0.4, -0.2) is 37.6 Å². The quantitative estimate of drug-likeness (QED) is 0.625. The number of rotatable bonds is 4. The molecule has 2 aromatic carbocycles. The minimum atomic E-state index is -0.318. The van der Waals surface area contributed by atoms with Crippen LogP contribution in [0.3, 0.4) is 0 Å². The summed E-state index contributed by atoms with van der Waals surface area (Å²) in [6.07, 6.45) is 0.232. The lowest BCUT2D eigenvalue weighted by atomic mass is 9.86. The Morgan fingerprint density at radius 2 is 1.93 bits per heavy atom. The number of nitrogens with zero attached hydrogens (tertiary/aromatic N) is 3. The zero-order valence-electron chi connectivity index (χ0n) is 16.6. The molecule has 2 aliphatic rings. The number of nitriles is 1. The number of hydrogen-bond donors (Lipinski definition) is 0. The molecule has 1 atom stereocenters. The van der Waals surface area contributed by atoms with E-state index < -0.39 is 0 Å². The fraction of sp³-hybridized carbons (Fsp3) is 0.273. The predicted molar refractivity (Wildman–Crippen MR) is 120 cm³/mol. The average molecular weight is 486 g/mol. The molecule has 0 saturated carbocycles. The summed E-state index contributed by atoms with van der Waals surface area (Å²) < 4.78 is 11.6. The number of allylic oxidation sites excluding steroid dienone is 1. The highest BCUT2D eigenvalue weighted by Gasteiger charge is 2.39. The van der Waals surface area contributed by atoms with Gasteiger partial charge in [-0.2, -0.15) is 5.26 Å². The Kier molecular flexibility index (Phi) is 5.93. The summed E-state index contributed by atoms with van der Waals surface area (Å²) in [5, 5.41) is 10.7. The average Bonchev–Trinajstić information content (AvgIpc) is 2.79. The summed E-state index contributed by atoms with van der Waals surface area (Å²) in [5.41, 5.74) is 2.47. The van der Waals surface area contributed by atoms with Gasteiger partial charge >= 0.3 is 0 Å². The minimum Gasteiger partial charge on any atom is -0.497 e. The molecule has 0 radical (unpaired) electrons. The topological polar surface area (TPSA) is 65.8 Å². The number of hydrogen-bond acceptors (Lipinski definition) is 6. The van der Waals surface area contributed by atoms with Gasteiger partial charge in [0, 0.05) is 28.1 Å². The number of halogens is 1. The van der Waals surface area contributed by atoms with Gasteiger partial charge in [-0.25, -0.2) is 0 Å². The van der Waals surface area contributed by atoms with Crippen LogP contribution in [0.25, 0.3) is 0 Å². The second kappa shape index (κ2) is 8.62. The highest BCUT2D eigenvalue weighted by Crippen LogP contribution is 2.45. The second-order valence-corrected chi connectivity index (χ2v) is 8.80. The van der Waals surface area contributed by atoms with Gasteiger partial charge in [0.15, 0.2) is 0 Å². The number of fused-ring (bicyclic) bond motifs is 1. The monoisotopic (exact) mass is 485 g/mol. The van der Waals surface area contributed by atoms with Crippen LogP contribution in [0.4, 0.5) is 5.69 Å². The SMILES string of the molecule is COc1ccc(N2CSC3=C(C#N)[C@@H](c4cc(Br)ccc4OC)CC(=O)N3C2)cc1. The van der Waals surface area contributed by atoms with E-state index in [4.69, 9.17) is 9.47 Å². The fourth-order valence-corrected chi connectivity index (χ4v) is 5.31. The molecule has 2 aliphatic heterocycles. The summed E-state index contributed by atoms with van der Waals surface area (Å²) >= 11 is 5.01. The Morgan fingerprint density at radius 1 is 1.17 bits per heavy atom. The maximum absolute atomic E-state index is 13.1. The number of anilines is 1. The third-order valence-corrected chi connectivity index (χ3v) is 6.95. The lowest BCUT2D eigenvalue weighted by Gasteiger charge is -2.42. The molecule has 2 heterocycles. The molecule has 2 aromatic rings. The number of amides is 1. The predicted octanol–water partition coefficient (Wildman–Crippen LogP) is 4.69. The zero-order valence-corrected chi connectivity index (χ0v) is 19.0. The Balaban J connectivity index is 1.67. The number of carbonyl (C=O) groups excluding carboxylic acids is 1. The van der Waals surface area contributed by atoms with Crippen molar-refractivity contribution in [1.82, 2.24) is 4.90 Å². The van der Waals surface area contributed by atoms with E-state index in [2.05, 4.69) is 26.9 Å². The number of thioether (sulfide) groups is 1. The number of methoxy groups -OCH3 is 2. The Hall–Kier alpha value is -2.63. The highest BCUT2D eigenvalue weighted by molar-refractivity contribution is 9.10. The summed E-state index contributed by atoms with van der Waals surface area (Å²) in [4.78, 5) is 16.9. The zero-order chi connectivity index (χ0) is 21.3. The van der Waals surface area contributed by atoms with E-state index in [1.165, 1.54) is 11.8 Å². The van der Waals surface area contributed by atoms with Crippen LogP contribution in [0.1, 0.15) is 17.9 Å². The molecule has 0 unspecified atom stereocenters. The van der Waals surface area contributed by atoms with Crippen LogP contribution in [-0.2, 0) is 4.79 Å². The lowest BCUT2D eigenvalue weighted by molar-refractivity contribution is -0.129. The van der Waals surface area contributed by atoms with Crippen molar-refractivity contribution in [3.8, 4) is 17.6 Å². The van der Waals surface area contributed by atoms with Gasteiger partial charge in [0.2, 0.25) is 5.91 Å². The molecule has 154 valence electrons. The van der Waals surface area contributed by atoms with Gasteiger partial charge in [0.25, 0.3) is 0 Å². The highest BCUT2D eigenvalue weighted by atomic mass is 79.9. The van der Waals surface area contributed by atoms with Gasteiger partial charge in [-0.05, 0) is 42.5 Å². The van der Waals surface area contributed by atoms with E-state index in [1.807, 2.05) is 42.5 Å². The smallest absolute Gasteiger partial charge is 0.229 e. The van der Waals surface area contributed by atoms with Gasteiger partial charge in [0.05, 0.1) is 43.4 Å². The first-order valence-electron chi connectivity index (χ1n) is 9.35. The first-order valence-corrected chi connectivity index (χ1v) is 11.1. The largest absolute Gasteiger partial charge is 0.497 e. The van der Waals surface area contributed by atoms with E-state index in [1.54, 1.807) is 19.1 Å². The van der Waals surface area contributed by atoms with Crippen LogP contribution in [0.5, 0.6) is 11.5 Å². The summed E-state index contributed by atoms with van der Waals surface area (Å²) in [5.74, 6) is 1.80. The maximum Gasteiger partial charge on any atom is 0.229 e. The van der Waals surface area contributed by atoms with Gasteiger partial charge in [-0.1, -0.05) is 27.7 Å². The van der Waals surface area contributed by atoms with Crippen molar-refractivity contribution in [1.29, 1.82) is 5.26 Å². The molecule has 1 fully saturated rings. The molecule has 1 saturated heterocycles.